The van der Waals surface area contributed by atoms with Crippen LogP contribution in [0.3, 0.4) is 0 Å². The SMILES string of the molecule is O=C(O)C1OC(Oc2cc3oc(-c4ccc(O)cc4)cc(=O)c3c(O)c2OC2OC(CO)C(O)C(O)C2O)C(O)C(O)C1O. The first-order valence-electron chi connectivity index (χ1n) is 13.0. The number of carbonyl (C=O) groups is 1. The molecule has 1 aromatic heterocycles. The monoisotopic (exact) mass is 624 g/mol. The molecule has 2 aliphatic heterocycles. The molecular weight excluding hydrogens is 596 g/mol. The Bertz CT molecular complexity index is 1570. The van der Waals surface area contributed by atoms with Crippen LogP contribution < -0.4 is 14.9 Å². The van der Waals surface area contributed by atoms with Gasteiger partial charge >= 0.3 is 5.97 Å². The molecule has 44 heavy (non-hydrogen) atoms. The van der Waals surface area contributed by atoms with Crippen LogP contribution >= 0.6 is 0 Å². The maximum Gasteiger partial charge on any atom is 0.335 e. The van der Waals surface area contributed by atoms with E-state index in [2.05, 4.69) is 0 Å². The number of rotatable bonds is 7. The van der Waals surface area contributed by atoms with Crippen LogP contribution in [-0.2, 0) is 14.3 Å². The molecule has 0 bridgehead atoms. The molecule has 17 nitrogen and oxygen atoms in total. The van der Waals surface area contributed by atoms with Gasteiger partial charge in [-0.3, -0.25) is 4.79 Å². The molecule has 238 valence electrons. The lowest BCUT2D eigenvalue weighted by Gasteiger charge is -2.40. The third kappa shape index (κ3) is 5.63. The molecule has 17 heteroatoms. The van der Waals surface area contributed by atoms with Crippen LogP contribution in [0.25, 0.3) is 22.3 Å². The predicted molar refractivity (Wildman–Crippen MR) is 141 cm³/mol. The molecule has 0 spiro atoms. The van der Waals surface area contributed by atoms with Gasteiger partial charge in [0.05, 0.1) is 6.61 Å². The third-order valence-electron chi connectivity index (χ3n) is 7.20. The highest BCUT2D eigenvalue weighted by Crippen LogP contribution is 2.45. The maximum atomic E-state index is 13.2. The van der Waals surface area contributed by atoms with Crippen molar-refractivity contribution in [3.05, 3.63) is 46.6 Å². The van der Waals surface area contributed by atoms with Crippen LogP contribution in [0.5, 0.6) is 23.0 Å². The topological polar surface area (TPSA) is 286 Å². The Hall–Kier alpha value is -4.04. The number of hydrogen-bond acceptors (Lipinski definition) is 16. The molecule has 0 saturated carbocycles. The zero-order chi connectivity index (χ0) is 32.0. The molecule has 2 saturated heterocycles. The quantitative estimate of drug-likeness (QED) is 0.128. The number of hydrogen-bond donors (Lipinski definition) is 10. The van der Waals surface area contributed by atoms with Crippen molar-refractivity contribution < 1.29 is 79.2 Å². The van der Waals surface area contributed by atoms with E-state index in [1.807, 2.05) is 0 Å². The van der Waals surface area contributed by atoms with Gasteiger partial charge in [-0.05, 0) is 24.3 Å². The minimum atomic E-state index is -2.09. The van der Waals surface area contributed by atoms with Crippen LogP contribution in [-0.4, -0.2) is 125 Å². The van der Waals surface area contributed by atoms with Crippen molar-refractivity contribution in [2.45, 2.75) is 61.4 Å². The van der Waals surface area contributed by atoms with Gasteiger partial charge in [0, 0.05) is 17.7 Å². The molecule has 10 N–H and O–H groups in total. The number of carboxylic acid groups (broad SMARTS) is 1. The first-order chi connectivity index (χ1) is 20.8. The van der Waals surface area contributed by atoms with Crippen LogP contribution in [0.4, 0.5) is 0 Å². The van der Waals surface area contributed by atoms with Crippen LogP contribution in [0.1, 0.15) is 0 Å². The van der Waals surface area contributed by atoms with E-state index in [0.29, 0.717) is 5.56 Å². The number of fused-ring (bicyclic) bond motifs is 1. The zero-order valence-electron chi connectivity index (χ0n) is 22.3. The van der Waals surface area contributed by atoms with E-state index in [4.69, 9.17) is 23.4 Å². The third-order valence-corrected chi connectivity index (χ3v) is 7.20. The number of aromatic hydroxyl groups is 2. The smallest absolute Gasteiger partial charge is 0.335 e. The van der Waals surface area contributed by atoms with E-state index in [1.54, 1.807) is 0 Å². The molecule has 0 aliphatic carbocycles. The van der Waals surface area contributed by atoms with Crippen LogP contribution in [0.2, 0.25) is 0 Å². The predicted octanol–water partition coefficient (Wildman–Crippen LogP) is -2.68. The molecule has 3 aromatic rings. The molecule has 2 aromatic carbocycles. The van der Waals surface area contributed by atoms with Crippen molar-refractivity contribution in [2.24, 2.45) is 0 Å². The Morgan fingerprint density at radius 2 is 1.41 bits per heavy atom. The highest BCUT2D eigenvalue weighted by Gasteiger charge is 2.49. The fourth-order valence-corrected chi connectivity index (χ4v) is 4.79. The lowest BCUT2D eigenvalue weighted by Crippen LogP contribution is -2.61. The number of ether oxygens (including phenoxy) is 4. The Balaban J connectivity index is 1.63. The van der Waals surface area contributed by atoms with E-state index in [9.17, 15) is 60.7 Å². The number of aliphatic hydroxyl groups is 7. The summed E-state index contributed by atoms with van der Waals surface area (Å²) in [7, 11) is 0. The second kappa shape index (κ2) is 12.2. The first kappa shape index (κ1) is 31.4. The van der Waals surface area contributed by atoms with Crippen LogP contribution in [0.15, 0.2) is 45.6 Å². The van der Waals surface area contributed by atoms with E-state index in [0.717, 1.165) is 12.1 Å². The Kier molecular flexibility index (Phi) is 8.67. The first-order valence-corrected chi connectivity index (χ1v) is 13.0. The molecule has 3 heterocycles. The lowest BCUT2D eigenvalue weighted by atomic mass is 9.99. The van der Waals surface area contributed by atoms with Crippen molar-refractivity contribution in [2.75, 3.05) is 6.61 Å². The summed E-state index contributed by atoms with van der Waals surface area (Å²) in [6.07, 6.45) is -19.4. The van der Waals surface area contributed by atoms with Gasteiger partial charge in [0.25, 0.3) is 0 Å². The van der Waals surface area contributed by atoms with Crippen molar-refractivity contribution in [1.82, 2.24) is 0 Å². The van der Waals surface area contributed by atoms with E-state index < -0.39 is 102 Å². The fourth-order valence-electron chi connectivity index (χ4n) is 4.79. The summed E-state index contributed by atoms with van der Waals surface area (Å²) in [6.45, 7) is -0.833. The van der Waals surface area contributed by atoms with Gasteiger partial charge in [-0.25, -0.2) is 4.79 Å². The summed E-state index contributed by atoms with van der Waals surface area (Å²) >= 11 is 0. The van der Waals surface area contributed by atoms with Gasteiger partial charge in [0.15, 0.2) is 23.0 Å². The van der Waals surface area contributed by atoms with Gasteiger partial charge < -0.3 is 74.4 Å². The van der Waals surface area contributed by atoms with E-state index in [1.165, 1.54) is 24.3 Å². The number of carboxylic acids is 1. The molecule has 5 rings (SSSR count). The molecule has 2 fully saturated rings. The molecule has 10 atom stereocenters. The second-order valence-electron chi connectivity index (χ2n) is 10.1. The largest absolute Gasteiger partial charge is 0.508 e. The maximum absolute atomic E-state index is 13.2. The fraction of sp³-hybridized carbons (Fsp3) is 0.407. The highest BCUT2D eigenvalue weighted by molar-refractivity contribution is 5.89. The minimum Gasteiger partial charge on any atom is -0.508 e. The molecule has 2 aliphatic rings. The van der Waals surface area contributed by atoms with Crippen molar-refractivity contribution >= 4 is 16.9 Å². The number of aliphatic hydroxyl groups excluding tert-OH is 7. The Morgan fingerprint density at radius 3 is 2.02 bits per heavy atom. The van der Waals surface area contributed by atoms with Crippen molar-refractivity contribution in [1.29, 1.82) is 0 Å². The van der Waals surface area contributed by atoms with Gasteiger partial charge in [-0.1, -0.05) is 0 Å². The van der Waals surface area contributed by atoms with E-state index >= 15 is 0 Å². The van der Waals surface area contributed by atoms with Gasteiger partial charge in [0.2, 0.25) is 18.3 Å². The lowest BCUT2D eigenvalue weighted by molar-refractivity contribution is -0.280. The summed E-state index contributed by atoms with van der Waals surface area (Å²) in [5.41, 5.74) is -0.844. The Morgan fingerprint density at radius 1 is 0.795 bits per heavy atom. The van der Waals surface area contributed by atoms with E-state index in [-0.39, 0.29) is 17.1 Å². The van der Waals surface area contributed by atoms with Gasteiger partial charge in [-0.2, -0.15) is 0 Å². The summed E-state index contributed by atoms with van der Waals surface area (Å²) in [5.74, 6) is -4.25. The van der Waals surface area contributed by atoms with Crippen LogP contribution in [0, 0.1) is 0 Å². The zero-order valence-corrected chi connectivity index (χ0v) is 22.3. The highest BCUT2D eigenvalue weighted by atomic mass is 16.7. The number of benzene rings is 2. The van der Waals surface area contributed by atoms with Crippen molar-refractivity contribution in [3.63, 3.8) is 0 Å². The molecular formula is C27H28O17. The standard InChI is InChI=1S/C27H28O17/c28-7-14-16(31)18(33)21(36)27(42-14)43-23-13(41-26-22(37)19(34)20(35)24(44-26)25(38)39)6-12-15(17(23)32)10(30)5-11(40-12)8-1-3-9(29)4-2-8/h1-6,14,16,18-22,24,26-29,31-37H,7H2,(H,38,39). The van der Waals surface area contributed by atoms with Gasteiger partial charge in [0.1, 0.15) is 65.2 Å². The summed E-state index contributed by atoms with van der Waals surface area (Å²) < 4.78 is 27.4. The summed E-state index contributed by atoms with van der Waals surface area (Å²) in [4.78, 5) is 24.8. The summed E-state index contributed by atoms with van der Waals surface area (Å²) in [6, 6.07) is 7.47. The average molecular weight is 625 g/mol. The number of phenolic OH excluding ortho intramolecular Hbond substituents is 2. The molecule has 0 radical (unpaired) electrons. The summed E-state index contributed by atoms with van der Waals surface area (Å²) in [5, 5.41) is 101. The Labute approximate surface area is 245 Å². The minimum absolute atomic E-state index is 0.0334. The average Bonchev–Trinajstić information content (AvgIpc) is 2.99. The second-order valence-corrected chi connectivity index (χ2v) is 10.1. The van der Waals surface area contributed by atoms with Crippen molar-refractivity contribution in [3.8, 4) is 34.3 Å². The van der Waals surface area contributed by atoms with Gasteiger partial charge in [-0.15, -0.1) is 0 Å². The molecule has 10 unspecified atom stereocenters. The number of phenols is 2. The normalized spacial score (nSPS) is 32.3. The number of aliphatic carboxylic acids is 1. The molecule has 0 amide bonds.